The van der Waals surface area contributed by atoms with Gasteiger partial charge in [0.2, 0.25) is 0 Å². The van der Waals surface area contributed by atoms with E-state index in [4.69, 9.17) is 10.00 Å². The molecule has 2 heterocycles. The summed E-state index contributed by atoms with van der Waals surface area (Å²) in [5, 5.41) is 11.7. The highest BCUT2D eigenvalue weighted by atomic mass is 16.5. The van der Waals surface area contributed by atoms with Gasteiger partial charge in [0.1, 0.15) is 17.6 Å². The molecule has 1 saturated heterocycles. The van der Waals surface area contributed by atoms with E-state index in [-0.39, 0.29) is 5.69 Å². The van der Waals surface area contributed by atoms with Gasteiger partial charge in [0.05, 0.1) is 36.9 Å². The monoisotopic (exact) mass is 309 g/mol. The molecule has 0 atom stereocenters. The number of rotatable bonds is 3. The molecule has 1 aliphatic rings. The van der Waals surface area contributed by atoms with E-state index in [1.807, 2.05) is 6.07 Å². The second-order valence-corrected chi connectivity index (χ2v) is 4.97. The molecule has 1 fully saturated rings. The Hall–Kier alpha value is -2.98. The summed E-state index contributed by atoms with van der Waals surface area (Å²) in [5.74, 6) is 0.330. The van der Waals surface area contributed by atoms with Gasteiger partial charge in [0.25, 0.3) is 5.91 Å². The predicted octanol–water partition coefficient (Wildman–Crippen LogP) is 1.44. The van der Waals surface area contributed by atoms with E-state index in [0.29, 0.717) is 24.5 Å². The normalized spacial score (nSPS) is 14.1. The van der Waals surface area contributed by atoms with Crippen LogP contribution < -0.4 is 10.2 Å². The van der Waals surface area contributed by atoms with Crippen molar-refractivity contribution in [1.29, 1.82) is 5.26 Å². The van der Waals surface area contributed by atoms with Crippen molar-refractivity contribution in [3.05, 3.63) is 47.9 Å². The average Bonchev–Trinajstić information content (AvgIpc) is 2.63. The molecule has 1 aromatic heterocycles. The Morgan fingerprint density at radius 1 is 1.22 bits per heavy atom. The molecule has 1 aromatic carbocycles. The highest BCUT2D eigenvalue weighted by Gasteiger charge is 2.15. The van der Waals surface area contributed by atoms with Crippen LogP contribution in [0.3, 0.4) is 0 Å². The molecule has 0 spiro atoms. The molecule has 1 N–H and O–H groups in total. The molecule has 2 aromatic rings. The van der Waals surface area contributed by atoms with Gasteiger partial charge in [-0.15, -0.1) is 0 Å². The molecular formula is C16H15N5O2. The van der Waals surface area contributed by atoms with Crippen LogP contribution >= 0.6 is 0 Å². The largest absolute Gasteiger partial charge is 0.378 e. The second kappa shape index (κ2) is 6.85. The van der Waals surface area contributed by atoms with Crippen LogP contribution in [-0.2, 0) is 4.74 Å². The number of benzene rings is 1. The first-order valence-corrected chi connectivity index (χ1v) is 7.23. The van der Waals surface area contributed by atoms with Crippen LogP contribution in [0.5, 0.6) is 0 Å². The zero-order chi connectivity index (χ0) is 16.1. The average molecular weight is 309 g/mol. The third-order valence-corrected chi connectivity index (χ3v) is 3.50. The van der Waals surface area contributed by atoms with Crippen molar-refractivity contribution < 1.29 is 9.53 Å². The molecule has 23 heavy (non-hydrogen) atoms. The number of hydrogen-bond donors (Lipinski definition) is 1. The smallest absolute Gasteiger partial charge is 0.275 e. The van der Waals surface area contributed by atoms with Gasteiger partial charge in [0.15, 0.2) is 0 Å². The number of aromatic nitrogens is 2. The number of para-hydroxylation sites is 1. The summed E-state index contributed by atoms with van der Waals surface area (Å²) in [7, 11) is 0. The van der Waals surface area contributed by atoms with Crippen LogP contribution in [0, 0.1) is 11.3 Å². The van der Waals surface area contributed by atoms with Crippen LogP contribution in [0.4, 0.5) is 11.5 Å². The molecule has 0 radical (unpaired) electrons. The van der Waals surface area contributed by atoms with Gasteiger partial charge in [-0.1, -0.05) is 12.1 Å². The minimum absolute atomic E-state index is 0.203. The number of ether oxygens (including phenoxy) is 1. The molecule has 0 saturated carbocycles. The molecule has 0 bridgehead atoms. The van der Waals surface area contributed by atoms with Gasteiger partial charge in [-0.05, 0) is 12.1 Å². The maximum absolute atomic E-state index is 12.2. The Labute approximate surface area is 133 Å². The molecule has 7 heteroatoms. The number of anilines is 2. The van der Waals surface area contributed by atoms with E-state index < -0.39 is 5.91 Å². The fourth-order valence-electron chi connectivity index (χ4n) is 2.27. The number of carbonyl (C=O) groups is 1. The van der Waals surface area contributed by atoms with Crippen LogP contribution in [0.25, 0.3) is 0 Å². The number of amides is 1. The molecule has 1 amide bonds. The lowest BCUT2D eigenvalue weighted by molar-refractivity contribution is 0.102. The van der Waals surface area contributed by atoms with E-state index in [1.165, 1.54) is 6.20 Å². The van der Waals surface area contributed by atoms with Crippen LogP contribution in [0.2, 0.25) is 0 Å². The minimum atomic E-state index is -0.395. The second-order valence-electron chi connectivity index (χ2n) is 4.97. The maximum atomic E-state index is 12.2. The predicted molar refractivity (Wildman–Crippen MR) is 84.2 cm³/mol. The Balaban J connectivity index is 1.71. The van der Waals surface area contributed by atoms with Crippen LogP contribution in [0.15, 0.2) is 36.7 Å². The number of nitriles is 1. The Kier molecular flexibility index (Phi) is 4.45. The molecule has 3 rings (SSSR count). The number of hydrogen-bond acceptors (Lipinski definition) is 6. The van der Waals surface area contributed by atoms with Crippen molar-refractivity contribution in [2.45, 2.75) is 0 Å². The van der Waals surface area contributed by atoms with E-state index in [9.17, 15) is 4.79 Å². The first kappa shape index (κ1) is 14.9. The van der Waals surface area contributed by atoms with Gasteiger partial charge < -0.3 is 15.0 Å². The lowest BCUT2D eigenvalue weighted by atomic mass is 10.2. The molecule has 7 nitrogen and oxygen atoms in total. The van der Waals surface area contributed by atoms with E-state index in [0.717, 1.165) is 18.9 Å². The molecule has 0 aliphatic carbocycles. The Morgan fingerprint density at radius 3 is 2.70 bits per heavy atom. The highest BCUT2D eigenvalue weighted by molar-refractivity contribution is 6.03. The Morgan fingerprint density at radius 2 is 2.00 bits per heavy atom. The van der Waals surface area contributed by atoms with E-state index in [2.05, 4.69) is 20.2 Å². The standard InChI is InChI=1S/C16H15N5O2/c17-9-12-3-1-2-4-13(12)20-16(22)14-10-19-15(11-18-14)21-5-7-23-8-6-21/h1-4,10-11H,5-8H2,(H,20,22). The van der Waals surface area contributed by atoms with E-state index in [1.54, 1.807) is 30.5 Å². The zero-order valence-electron chi connectivity index (χ0n) is 12.4. The van der Waals surface area contributed by atoms with Gasteiger partial charge in [0, 0.05) is 13.1 Å². The number of morpholine rings is 1. The van der Waals surface area contributed by atoms with Crippen molar-refractivity contribution >= 4 is 17.4 Å². The summed E-state index contributed by atoms with van der Waals surface area (Å²) in [6, 6.07) is 8.84. The highest BCUT2D eigenvalue weighted by Crippen LogP contribution is 2.15. The summed E-state index contributed by atoms with van der Waals surface area (Å²) in [6.45, 7) is 2.84. The van der Waals surface area contributed by atoms with Crippen LogP contribution in [0.1, 0.15) is 16.1 Å². The lowest BCUT2D eigenvalue weighted by Gasteiger charge is -2.27. The zero-order valence-corrected chi connectivity index (χ0v) is 12.4. The van der Waals surface area contributed by atoms with Gasteiger partial charge in [-0.3, -0.25) is 4.79 Å². The quantitative estimate of drug-likeness (QED) is 0.922. The molecular weight excluding hydrogens is 294 g/mol. The Bertz CT molecular complexity index is 733. The number of nitrogens with zero attached hydrogens (tertiary/aromatic N) is 4. The fourth-order valence-corrected chi connectivity index (χ4v) is 2.27. The van der Waals surface area contributed by atoms with Gasteiger partial charge >= 0.3 is 0 Å². The van der Waals surface area contributed by atoms with Crippen molar-refractivity contribution in [2.24, 2.45) is 0 Å². The van der Waals surface area contributed by atoms with E-state index >= 15 is 0 Å². The minimum Gasteiger partial charge on any atom is -0.378 e. The third-order valence-electron chi connectivity index (χ3n) is 3.50. The molecule has 116 valence electrons. The fraction of sp³-hybridized carbons (Fsp3) is 0.250. The molecule has 0 unspecified atom stereocenters. The van der Waals surface area contributed by atoms with Gasteiger partial charge in [-0.25, -0.2) is 9.97 Å². The van der Waals surface area contributed by atoms with Crippen molar-refractivity contribution in [3.8, 4) is 6.07 Å². The number of carbonyl (C=O) groups excluding carboxylic acids is 1. The van der Waals surface area contributed by atoms with Crippen molar-refractivity contribution in [2.75, 3.05) is 36.5 Å². The topological polar surface area (TPSA) is 91.1 Å². The van der Waals surface area contributed by atoms with Crippen molar-refractivity contribution in [3.63, 3.8) is 0 Å². The van der Waals surface area contributed by atoms with Crippen LogP contribution in [-0.4, -0.2) is 42.2 Å². The lowest BCUT2D eigenvalue weighted by Crippen LogP contribution is -2.36. The molecule has 1 aliphatic heterocycles. The third kappa shape index (κ3) is 3.44. The first-order valence-electron chi connectivity index (χ1n) is 7.23. The van der Waals surface area contributed by atoms with Gasteiger partial charge in [-0.2, -0.15) is 5.26 Å². The first-order chi connectivity index (χ1) is 11.3. The summed E-state index contributed by atoms with van der Waals surface area (Å²) in [5.41, 5.74) is 1.06. The SMILES string of the molecule is N#Cc1ccccc1NC(=O)c1cnc(N2CCOCC2)cn1. The summed E-state index contributed by atoms with van der Waals surface area (Å²) >= 11 is 0. The summed E-state index contributed by atoms with van der Waals surface area (Å²) < 4.78 is 5.29. The summed E-state index contributed by atoms with van der Waals surface area (Å²) in [6.07, 6.45) is 3.02. The van der Waals surface area contributed by atoms with Crippen molar-refractivity contribution in [1.82, 2.24) is 9.97 Å². The number of nitrogens with one attached hydrogen (secondary N) is 1. The maximum Gasteiger partial charge on any atom is 0.275 e. The summed E-state index contributed by atoms with van der Waals surface area (Å²) in [4.78, 5) is 22.7.